The Morgan fingerprint density at radius 3 is 2.31 bits per heavy atom. The summed E-state index contributed by atoms with van der Waals surface area (Å²) in [7, 11) is 11.3. The molecule has 13 heavy (non-hydrogen) atoms. The van der Waals surface area contributed by atoms with Crippen LogP contribution in [0.2, 0.25) is 5.82 Å². The molecule has 70 valence electrons. The second-order valence-electron chi connectivity index (χ2n) is 4.18. The zero-order chi connectivity index (χ0) is 10.6. The summed E-state index contributed by atoms with van der Waals surface area (Å²) < 4.78 is 0. The fourth-order valence-corrected chi connectivity index (χ4v) is 0.815. The first-order chi connectivity index (χ1) is 5.73. The van der Waals surface area contributed by atoms with Gasteiger partial charge < -0.3 is 9.92 Å². The molecule has 1 unspecified atom stereocenters. The quantitative estimate of drug-likeness (QED) is 0.642. The van der Waals surface area contributed by atoms with E-state index in [0.29, 0.717) is 6.54 Å². The molecule has 0 bridgehead atoms. The highest BCUT2D eigenvalue weighted by Crippen LogP contribution is 2.15. The second kappa shape index (κ2) is 4.70. The third kappa shape index (κ3) is 5.75. The lowest BCUT2D eigenvalue weighted by Gasteiger charge is -2.34. The molecule has 0 spiro atoms. The van der Waals surface area contributed by atoms with Crippen molar-refractivity contribution in [2.75, 3.05) is 6.54 Å². The van der Waals surface area contributed by atoms with Crippen LogP contribution in [0.15, 0.2) is 0 Å². The first-order valence-electron chi connectivity index (χ1n) is 4.23. The zero-order valence-electron chi connectivity index (χ0n) is 8.45. The monoisotopic (exact) mass is 179 g/mol. The standard InChI is InChI=1S/C8H15B2NO2/c1-8(2,3)11(10)5-6(9)4-7(12)13/h6H,4-5H2,1-3H3,(H,12,13). The molecule has 0 saturated carbocycles. The molecule has 1 atom stereocenters. The summed E-state index contributed by atoms with van der Waals surface area (Å²) in [6.45, 7) is 6.22. The maximum absolute atomic E-state index is 10.3. The molecule has 0 aromatic carbocycles. The van der Waals surface area contributed by atoms with Crippen molar-refractivity contribution < 1.29 is 9.90 Å². The normalized spacial score (nSPS) is 14.5. The Morgan fingerprint density at radius 2 is 2.00 bits per heavy atom. The van der Waals surface area contributed by atoms with Crippen molar-refractivity contribution >= 4 is 21.8 Å². The Bertz CT molecular complexity index is 179. The molecular weight excluding hydrogens is 164 g/mol. The van der Waals surface area contributed by atoms with Gasteiger partial charge in [0, 0.05) is 12.0 Å². The molecule has 0 aliphatic carbocycles. The van der Waals surface area contributed by atoms with Crippen molar-refractivity contribution in [3.05, 3.63) is 0 Å². The van der Waals surface area contributed by atoms with Gasteiger partial charge in [-0.2, -0.15) is 0 Å². The highest BCUT2D eigenvalue weighted by molar-refractivity contribution is 6.13. The van der Waals surface area contributed by atoms with Crippen LogP contribution in [0.1, 0.15) is 27.2 Å². The summed E-state index contributed by atoms with van der Waals surface area (Å²) >= 11 is 0. The van der Waals surface area contributed by atoms with Crippen molar-refractivity contribution in [2.45, 2.75) is 38.5 Å². The molecule has 4 radical (unpaired) electrons. The molecule has 3 nitrogen and oxygen atoms in total. The molecule has 0 heterocycles. The van der Waals surface area contributed by atoms with Gasteiger partial charge in [-0.15, -0.1) is 0 Å². The van der Waals surface area contributed by atoms with Gasteiger partial charge >= 0.3 is 5.97 Å². The molecular formula is C8H15B2NO2. The number of nitrogens with zero attached hydrogens (tertiary/aromatic N) is 1. The molecule has 0 aromatic heterocycles. The van der Waals surface area contributed by atoms with E-state index in [1.165, 1.54) is 0 Å². The van der Waals surface area contributed by atoms with Gasteiger partial charge in [-0.1, -0.05) is 5.82 Å². The summed E-state index contributed by atoms with van der Waals surface area (Å²) in [5, 5.41) is 8.46. The smallest absolute Gasteiger partial charge is 0.302 e. The van der Waals surface area contributed by atoms with Crippen molar-refractivity contribution in [2.24, 2.45) is 0 Å². The second-order valence-corrected chi connectivity index (χ2v) is 4.18. The van der Waals surface area contributed by atoms with E-state index in [0.717, 1.165) is 0 Å². The third-order valence-electron chi connectivity index (χ3n) is 1.73. The molecule has 0 fully saturated rings. The van der Waals surface area contributed by atoms with E-state index in [1.54, 1.807) is 4.81 Å². The molecule has 0 saturated heterocycles. The van der Waals surface area contributed by atoms with Crippen LogP contribution in [0.25, 0.3) is 0 Å². The van der Waals surface area contributed by atoms with Crippen LogP contribution in [0, 0.1) is 0 Å². The minimum atomic E-state index is -0.894. The van der Waals surface area contributed by atoms with Gasteiger partial charge in [0.05, 0.1) is 7.85 Å². The predicted molar refractivity (Wildman–Crippen MR) is 54.0 cm³/mol. The van der Waals surface area contributed by atoms with E-state index < -0.39 is 11.8 Å². The minimum Gasteiger partial charge on any atom is -0.481 e. The van der Waals surface area contributed by atoms with Crippen LogP contribution in [0.4, 0.5) is 0 Å². The lowest BCUT2D eigenvalue weighted by molar-refractivity contribution is -0.137. The Morgan fingerprint density at radius 1 is 1.54 bits per heavy atom. The molecule has 0 aliphatic heterocycles. The maximum Gasteiger partial charge on any atom is 0.302 e. The van der Waals surface area contributed by atoms with Crippen LogP contribution in [0.5, 0.6) is 0 Å². The molecule has 1 N–H and O–H groups in total. The topological polar surface area (TPSA) is 40.5 Å². The van der Waals surface area contributed by atoms with Crippen LogP contribution >= 0.6 is 0 Å². The number of hydrogen-bond acceptors (Lipinski definition) is 2. The van der Waals surface area contributed by atoms with Gasteiger partial charge in [0.2, 0.25) is 0 Å². The first-order valence-corrected chi connectivity index (χ1v) is 4.23. The van der Waals surface area contributed by atoms with Gasteiger partial charge in [0.15, 0.2) is 7.98 Å². The zero-order valence-corrected chi connectivity index (χ0v) is 8.45. The molecule has 0 aliphatic rings. The number of aliphatic carboxylic acids is 1. The summed E-state index contributed by atoms with van der Waals surface area (Å²) in [6.07, 6.45) is -0.0518. The highest BCUT2D eigenvalue weighted by Gasteiger charge is 2.19. The Labute approximate surface area is 82.3 Å². The summed E-state index contributed by atoms with van der Waals surface area (Å²) in [5.41, 5.74) is -0.184. The lowest BCUT2D eigenvalue weighted by atomic mass is 9.82. The Balaban J connectivity index is 3.92. The molecule has 5 heteroatoms. The fraction of sp³-hybridized carbons (Fsp3) is 0.875. The molecule has 0 rings (SSSR count). The van der Waals surface area contributed by atoms with Gasteiger partial charge in [-0.25, -0.2) is 0 Å². The number of carbonyl (C=O) groups is 1. The van der Waals surface area contributed by atoms with Crippen LogP contribution in [0.3, 0.4) is 0 Å². The van der Waals surface area contributed by atoms with Crippen molar-refractivity contribution in [1.82, 2.24) is 4.81 Å². The van der Waals surface area contributed by atoms with Gasteiger partial charge in [0.1, 0.15) is 0 Å². The first kappa shape index (κ1) is 12.6. The van der Waals surface area contributed by atoms with E-state index in [1.807, 2.05) is 20.8 Å². The average molecular weight is 179 g/mol. The summed E-state index contributed by atoms with van der Waals surface area (Å²) in [4.78, 5) is 11.9. The third-order valence-corrected chi connectivity index (χ3v) is 1.73. The predicted octanol–water partition coefficient (Wildman–Crippen LogP) is 0.602. The Kier molecular flexibility index (Phi) is 4.54. The lowest BCUT2D eigenvalue weighted by Crippen LogP contribution is -2.41. The number of rotatable bonds is 4. The number of carboxylic acids is 1. The molecule has 0 amide bonds. The van der Waals surface area contributed by atoms with E-state index in [9.17, 15) is 4.79 Å². The van der Waals surface area contributed by atoms with E-state index in [4.69, 9.17) is 20.9 Å². The van der Waals surface area contributed by atoms with Crippen LogP contribution < -0.4 is 0 Å². The van der Waals surface area contributed by atoms with E-state index >= 15 is 0 Å². The average Bonchev–Trinajstić information content (AvgIpc) is 1.82. The van der Waals surface area contributed by atoms with Crippen molar-refractivity contribution in [3.8, 4) is 0 Å². The van der Waals surface area contributed by atoms with E-state index in [-0.39, 0.29) is 12.0 Å². The highest BCUT2D eigenvalue weighted by atomic mass is 16.4. The van der Waals surface area contributed by atoms with Crippen LogP contribution in [-0.2, 0) is 4.79 Å². The molecule has 0 aromatic rings. The van der Waals surface area contributed by atoms with Crippen molar-refractivity contribution in [3.63, 3.8) is 0 Å². The van der Waals surface area contributed by atoms with Crippen LogP contribution in [-0.4, -0.2) is 43.8 Å². The minimum absolute atomic E-state index is 0.0518. The maximum atomic E-state index is 10.3. The van der Waals surface area contributed by atoms with Crippen molar-refractivity contribution in [1.29, 1.82) is 0 Å². The largest absolute Gasteiger partial charge is 0.481 e. The van der Waals surface area contributed by atoms with Gasteiger partial charge in [0.25, 0.3) is 0 Å². The van der Waals surface area contributed by atoms with Gasteiger partial charge in [-0.05, 0) is 27.3 Å². The summed E-state index contributed by atoms with van der Waals surface area (Å²) in [6, 6.07) is 0. The Hall–Kier alpha value is -0.440. The fourth-order valence-electron chi connectivity index (χ4n) is 0.815. The summed E-state index contributed by atoms with van der Waals surface area (Å²) in [5.74, 6) is -1.31. The van der Waals surface area contributed by atoms with E-state index in [2.05, 4.69) is 0 Å². The number of hydrogen-bond donors (Lipinski definition) is 1. The van der Waals surface area contributed by atoms with Gasteiger partial charge in [-0.3, -0.25) is 4.79 Å². The number of carboxylic acid groups (broad SMARTS) is 1. The SMILES string of the molecule is [B]C(CC(=O)O)CN([B])C(C)(C)C.